The number of rotatable bonds is 10. The topological polar surface area (TPSA) is 118 Å². The van der Waals surface area contributed by atoms with Gasteiger partial charge < -0.3 is 19.6 Å². The molecular weight excluding hydrogens is 448 g/mol. The zero-order valence-electron chi connectivity index (χ0n) is 19.4. The Hall–Kier alpha value is -3.76. The van der Waals surface area contributed by atoms with Crippen molar-refractivity contribution in [3.63, 3.8) is 0 Å². The molecule has 0 unspecified atom stereocenters. The molecule has 5 rings (SSSR count). The van der Waals surface area contributed by atoms with Gasteiger partial charge in [-0.3, -0.25) is 9.69 Å². The first kappa shape index (κ1) is 23.0. The quantitative estimate of drug-likeness (QED) is 0.356. The summed E-state index contributed by atoms with van der Waals surface area (Å²) in [5, 5.41) is 22.5. The third-order valence-corrected chi connectivity index (χ3v) is 6.04. The molecule has 0 radical (unpaired) electrons. The first-order chi connectivity index (χ1) is 17.2. The number of aliphatic hydroxyl groups excluding tert-OH is 1. The van der Waals surface area contributed by atoms with Crippen molar-refractivity contribution in [1.82, 2.24) is 30.1 Å². The summed E-state index contributed by atoms with van der Waals surface area (Å²) in [6.45, 7) is 3.16. The summed E-state index contributed by atoms with van der Waals surface area (Å²) in [4.78, 5) is 17.9. The number of fused-ring (bicyclic) bond motifs is 2. The lowest BCUT2D eigenvalue weighted by atomic mass is 10.1. The van der Waals surface area contributed by atoms with Gasteiger partial charge in [0.25, 0.3) is 5.56 Å². The number of aryl methyl sites for hydroxylation is 2. The number of nitrogens with zero attached hydrogens (tertiary/aromatic N) is 5. The molecule has 1 aliphatic heterocycles. The third-order valence-electron chi connectivity index (χ3n) is 6.04. The molecule has 2 N–H and O–H groups in total. The summed E-state index contributed by atoms with van der Waals surface area (Å²) >= 11 is 0. The highest BCUT2D eigenvalue weighted by Gasteiger charge is 2.17. The van der Waals surface area contributed by atoms with Gasteiger partial charge in [-0.25, -0.2) is 4.68 Å². The SMILES string of the molecule is O=c1[nH]c2cc3c(cc2cc1CN(CCCO)Cc1nnnn1CCc1ccccc1)OCCO3. The minimum absolute atomic E-state index is 0.0625. The summed E-state index contributed by atoms with van der Waals surface area (Å²) < 4.78 is 13.1. The maximum Gasteiger partial charge on any atom is 0.252 e. The predicted octanol–water partition coefficient (Wildman–Crippen LogP) is 1.91. The Labute approximate surface area is 202 Å². The highest BCUT2D eigenvalue weighted by molar-refractivity contribution is 5.83. The molecule has 10 heteroatoms. The normalized spacial score (nSPS) is 13.0. The van der Waals surface area contributed by atoms with Crippen molar-refractivity contribution in [2.24, 2.45) is 0 Å². The van der Waals surface area contributed by atoms with Gasteiger partial charge in [0.05, 0.1) is 12.1 Å². The van der Waals surface area contributed by atoms with Crippen molar-refractivity contribution < 1.29 is 14.6 Å². The molecule has 0 fully saturated rings. The molecule has 35 heavy (non-hydrogen) atoms. The number of tetrazole rings is 1. The largest absolute Gasteiger partial charge is 0.486 e. The number of aromatic amines is 1. The number of nitrogens with one attached hydrogen (secondary N) is 1. The molecule has 10 nitrogen and oxygen atoms in total. The number of aromatic nitrogens is 5. The standard InChI is InChI=1S/C25H28N6O4/c32-10-4-8-30(17-24-27-28-29-31(24)9-7-18-5-2-1-3-6-18)16-20-13-19-14-22-23(35-12-11-34-22)15-21(19)26-25(20)33/h1-3,5-6,13-15,32H,4,7-12,16-17H2,(H,26,33). The van der Waals surface area contributed by atoms with E-state index in [0.29, 0.717) is 68.4 Å². The van der Waals surface area contributed by atoms with Crippen LogP contribution in [0.4, 0.5) is 0 Å². The average molecular weight is 477 g/mol. The Balaban J connectivity index is 1.34. The van der Waals surface area contributed by atoms with Gasteiger partial charge in [0, 0.05) is 43.3 Å². The van der Waals surface area contributed by atoms with E-state index in [2.05, 4.69) is 37.5 Å². The van der Waals surface area contributed by atoms with Crippen LogP contribution >= 0.6 is 0 Å². The number of hydrogen-bond donors (Lipinski definition) is 2. The summed E-state index contributed by atoms with van der Waals surface area (Å²) in [5.41, 5.74) is 2.38. The van der Waals surface area contributed by atoms with E-state index in [4.69, 9.17) is 9.47 Å². The molecule has 0 spiro atoms. The van der Waals surface area contributed by atoms with Crippen molar-refractivity contribution in [2.45, 2.75) is 32.5 Å². The smallest absolute Gasteiger partial charge is 0.252 e. The molecule has 2 aromatic heterocycles. The molecule has 0 saturated heterocycles. The second-order valence-electron chi connectivity index (χ2n) is 8.55. The molecule has 3 heterocycles. The molecule has 4 aromatic rings. The molecule has 0 saturated carbocycles. The van der Waals surface area contributed by atoms with Crippen LogP contribution in [-0.2, 0) is 26.1 Å². The van der Waals surface area contributed by atoms with Crippen LogP contribution in [0, 0.1) is 0 Å². The monoisotopic (exact) mass is 476 g/mol. The Morgan fingerprint density at radius 1 is 1.06 bits per heavy atom. The zero-order chi connectivity index (χ0) is 24.0. The number of aliphatic hydroxyl groups is 1. The molecule has 0 atom stereocenters. The van der Waals surface area contributed by atoms with Gasteiger partial charge in [-0.1, -0.05) is 30.3 Å². The van der Waals surface area contributed by atoms with Crippen LogP contribution in [0.5, 0.6) is 11.5 Å². The highest BCUT2D eigenvalue weighted by Crippen LogP contribution is 2.33. The number of H-pyrrole nitrogens is 1. The molecule has 0 aliphatic carbocycles. The Kier molecular flexibility index (Phi) is 7.01. The molecule has 0 bridgehead atoms. The van der Waals surface area contributed by atoms with Crippen molar-refractivity contribution in [2.75, 3.05) is 26.4 Å². The first-order valence-corrected chi connectivity index (χ1v) is 11.8. The van der Waals surface area contributed by atoms with Gasteiger partial charge in [0.15, 0.2) is 17.3 Å². The Morgan fingerprint density at radius 2 is 1.86 bits per heavy atom. The van der Waals surface area contributed by atoms with Crippen LogP contribution in [0.1, 0.15) is 23.4 Å². The van der Waals surface area contributed by atoms with Crippen LogP contribution < -0.4 is 15.0 Å². The van der Waals surface area contributed by atoms with Crippen LogP contribution in [0.2, 0.25) is 0 Å². The lowest BCUT2D eigenvalue weighted by Crippen LogP contribution is -2.29. The fraction of sp³-hybridized carbons (Fsp3) is 0.360. The molecular formula is C25H28N6O4. The van der Waals surface area contributed by atoms with Crippen molar-refractivity contribution in [3.8, 4) is 11.5 Å². The van der Waals surface area contributed by atoms with Crippen LogP contribution in [-0.4, -0.2) is 61.6 Å². The number of hydrogen-bond acceptors (Lipinski definition) is 8. The van der Waals surface area contributed by atoms with Crippen LogP contribution in [0.15, 0.2) is 53.3 Å². The van der Waals surface area contributed by atoms with E-state index in [9.17, 15) is 9.90 Å². The fourth-order valence-electron chi connectivity index (χ4n) is 4.24. The van der Waals surface area contributed by atoms with Crippen molar-refractivity contribution in [3.05, 3.63) is 75.8 Å². The molecule has 1 aliphatic rings. The van der Waals surface area contributed by atoms with Crippen LogP contribution in [0.3, 0.4) is 0 Å². The maximum absolute atomic E-state index is 12.9. The van der Waals surface area contributed by atoms with Crippen molar-refractivity contribution in [1.29, 1.82) is 0 Å². The average Bonchev–Trinajstić information content (AvgIpc) is 3.32. The fourth-order valence-corrected chi connectivity index (χ4v) is 4.24. The van der Waals surface area contributed by atoms with E-state index in [0.717, 1.165) is 17.6 Å². The summed E-state index contributed by atoms with van der Waals surface area (Å²) in [5.74, 6) is 2.03. The minimum Gasteiger partial charge on any atom is -0.486 e. The van der Waals surface area contributed by atoms with Gasteiger partial charge in [-0.2, -0.15) is 0 Å². The zero-order valence-corrected chi connectivity index (χ0v) is 19.4. The summed E-state index contributed by atoms with van der Waals surface area (Å²) in [6.07, 6.45) is 1.39. The molecule has 182 valence electrons. The van der Waals surface area contributed by atoms with E-state index in [-0.39, 0.29) is 12.2 Å². The summed E-state index contributed by atoms with van der Waals surface area (Å²) in [7, 11) is 0. The van der Waals surface area contributed by atoms with Gasteiger partial charge in [0.1, 0.15) is 13.2 Å². The van der Waals surface area contributed by atoms with Gasteiger partial charge in [-0.05, 0) is 41.0 Å². The Morgan fingerprint density at radius 3 is 2.66 bits per heavy atom. The third kappa shape index (κ3) is 5.50. The molecule has 0 amide bonds. The number of pyridine rings is 1. The number of ether oxygens (including phenoxy) is 2. The van der Waals surface area contributed by atoms with E-state index in [1.54, 1.807) is 10.7 Å². The predicted molar refractivity (Wildman–Crippen MR) is 129 cm³/mol. The van der Waals surface area contributed by atoms with E-state index in [1.165, 1.54) is 5.56 Å². The van der Waals surface area contributed by atoms with Crippen LogP contribution in [0.25, 0.3) is 10.9 Å². The summed E-state index contributed by atoms with van der Waals surface area (Å²) in [6, 6.07) is 15.8. The maximum atomic E-state index is 12.9. The van der Waals surface area contributed by atoms with Gasteiger partial charge >= 0.3 is 0 Å². The highest BCUT2D eigenvalue weighted by atomic mass is 16.6. The number of benzene rings is 2. The second kappa shape index (κ2) is 10.7. The lowest BCUT2D eigenvalue weighted by Gasteiger charge is -2.22. The molecule has 2 aromatic carbocycles. The second-order valence-corrected chi connectivity index (χ2v) is 8.55. The first-order valence-electron chi connectivity index (χ1n) is 11.8. The van der Waals surface area contributed by atoms with Gasteiger partial charge in [-0.15, -0.1) is 5.10 Å². The van der Waals surface area contributed by atoms with E-state index < -0.39 is 0 Å². The van der Waals surface area contributed by atoms with Crippen molar-refractivity contribution >= 4 is 10.9 Å². The minimum atomic E-state index is -0.160. The van der Waals surface area contributed by atoms with Gasteiger partial charge in [0.2, 0.25) is 0 Å². The lowest BCUT2D eigenvalue weighted by molar-refractivity contribution is 0.172. The Bertz CT molecular complexity index is 1340. The van der Waals surface area contributed by atoms with E-state index in [1.807, 2.05) is 30.3 Å². The van der Waals surface area contributed by atoms with E-state index >= 15 is 0 Å².